The summed E-state index contributed by atoms with van der Waals surface area (Å²) in [7, 11) is 0. The molecule has 0 saturated heterocycles. The Morgan fingerprint density at radius 3 is 2.67 bits per heavy atom. The molecule has 0 aliphatic rings. The molecule has 1 amide bonds. The molecule has 1 aromatic carbocycles. The summed E-state index contributed by atoms with van der Waals surface area (Å²) >= 11 is 5.37. The Morgan fingerprint density at radius 1 is 1.44 bits per heavy atom. The van der Waals surface area contributed by atoms with E-state index in [1.807, 2.05) is 5.32 Å². The van der Waals surface area contributed by atoms with E-state index in [4.69, 9.17) is 11.6 Å². The highest BCUT2D eigenvalue weighted by molar-refractivity contribution is 6.18. The average Bonchev–Trinajstić information content (AvgIpc) is 2.29. The molecule has 0 fully saturated rings. The van der Waals surface area contributed by atoms with Crippen molar-refractivity contribution < 1.29 is 18.5 Å². The van der Waals surface area contributed by atoms with E-state index >= 15 is 0 Å². The second kappa shape index (κ2) is 6.25. The minimum atomic E-state index is -1.19. The molecule has 1 aromatic rings. The largest absolute Gasteiger partial charge is 0.318 e. The first-order valence-electron chi connectivity index (χ1n) is 4.95. The number of hydrogen-bond acceptors (Lipinski definition) is 3. The van der Waals surface area contributed by atoms with Gasteiger partial charge in [0.1, 0.15) is 5.82 Å². The summed E-state index contributed by atoms with van der Waals surface area (Å²) in [6.07, 6.45) is 0.349. The van der Waals surface area contributed by atoms with Crippen molar-refractivity contribution in [3.05, 3.63) is 33.9 Å². The number of carbonyl (C=O) groups is 1. The molecule has 5 nitrogen and oxygen atoms in total. The van der Waals surface area contributed by atoms with Gasteiger partial charge in [0.25, 0.3) is 5.69 Å². The van der Waals surface area contributed by atoms with Gasteiger partial charge in [-0.2, -0.15) is 0 Å². The Labute approximate surface area is 106 Å². The lowest BCUT2D eigenvalue weighted by molar-refractivity contribution is -0.384. The molecule has 0 saturated carbocycles. The summed E-state index contributed by atoms with van der Waals surface area (Å²) in [4.78, 5) is 21.0. The van der Waals surface area contributed by atoms with Gasteiger partial charge in [0.15, 0.2) is 11.5 Å². The maximum absolute atomic E-state index is 13.4. The normalized spacial score (nSPS) is 10.2. The molecule has 0 radical (unpaired) electrons. The zero-order valence-electron chi connectivity index (χ0n) is 9.08. The Hall–Kier alpha value is -1.76. The van der Waals surface area contributed by atoms with Crippen LogP contribution in [0.3, 0.4) is 0 Å². The molecular weight excluding hydrogens is 270 g/mol. The summed E-state index contributed by atoms with van der Waals surface area (Å²) in [5.74, 6) is -2.66. The van der Waals surface area contributed by atoms with E-state index in [0.717, 1.165) is 0 Å². The number of rotatable bonds is 5. The minimum absolute atomic E-state index is 0.00251. The molecule has 8 heteroatoms. The van der Waals surface area contributed by atoms with E-state index in [1.165, 1.54) is 0 Å². The summed E-state index contributed by atoms with van der Waals surface area (Å²) in [5, 5.41) is 12.7. The van der Waals surface area contributed by atoms with E-state index in [2.05, 4.69) is 0 Å². The number of benzene rings is 1. The average molecular weight is 279 g/mol. The van der Waals surface area contributed by atoms with E-state index in [9.17, 15) is 23.7 Å². The number of halogens is 3. The van der Waals surface area contributed by atoms with Crippen molar-refractivity contribution >= 4 is 28.9 Å². The van der Waals surface area contributed by atoms with Gasteiger partial charge in [-0.05, 0) is 6.42 Å². The zero-order valence-corrected chi connectivity index (χ0v) is 9.84. The molecular formula is C10H9ClF2N2O3. The lowest BCUT2D eigenvalue weighted by atomic mass is 10.2. The molecule has 0 heterocycles. The number of nitro benzene ring substituents is 1. The van der Waals surface area contributed by atoms with E-state index in [1.54, 1.807) is 0 Å². The SMILES string of the molecule is O=C(CCCCl)Nc1c(F)cc(F)cc1[N+](=O)[O-]. The van der Waals surface area contributed by atoms with Gasteiger partial charge in [-0.3, -0.25) is 14.9 Å². The minimum Gasteiger partial charge on any atom is -0.318 e. The summed E-state index contributed by atoms with van der Waals surface area (Å²) < 4.78 is 26.2. The maximum Gasteiger partial charge on any atom is 0.298 e. The third kappa shape index (κ3) is 3.63. The lowest BCUT2D eigenvalue weighted by Crippen LogP contribution is -2.14. The van der Waals surface area contributed by atoms with Gasteiger partial charge in [0.05, 0.1) is 11.0 Å². The van der Waals surface area contributed by atoms with Gasteiger partial charge in [0.2, 0.25) is 5.91 Å². The quantitative estimate of drug-likeness (QED) is 0.511. The third-order valence-corrected chi connectivity index (χ3v) is 2.30. The first kappa shape index (κ1) is 14.3. The van der Waals surface area contributed by atoms with Crippen LogP contribution >= 0.6 is 11.6 Å². The first-order valence-corrected chi connectivity index (χ1v) is 5.48. The van der Waals surface area contributed by atoms with Gasteiger partial charge in [0, 0.05) is 18.4 Å². The van der Waals surface area contributed by atoms with Gasteiger partial charge in [-0.25, -0.2) is 8.78 Å². The summed E-state index contributed by atoms with van der Waals surface area (Å²) in [5.41, 5.74) is -1.47. The topological polar surface area (TPSA) is 72.2 Å². The van der Waals surface area contributed by atoms with Crippen molar-refractivity contribution in [1.29, 1.82) is 0 Å². The monoisotopic (exact) mass is 278 g/mol. The van der Waals surface area contributed by atoms with Crippen molar-refractivity contribution in [1.82, 2.24) is 0 Å². The van der Waals surface area contributed by atoms with Crippen molar-refractivity contribution in [2.75, 3.05) is 11.2 Å². The predicted octanol–water partition coefficient (Wildman–Crippen LogP) is 2.83. The van der Waals surface area contributed by atoms with Crippen LogP contribution in [0.25, 0.3) is 0 Å². The van der Waals surface area contributed by atoms with Gasteiger partial charge in [-0.1, -0.05) is 0 Å². The van der Waals surface area contributed by atoms with Crippen LogP contribution in [-0.2, 0) is 4.79 Å². The Balaban J connectivity index is 3.00. The van der Waals surface area contributed by atoms with Crippen LogP contribution in [0, 0.1) is 21.7 Å². The number of anilines is 1. The van der Waals surface area contributed by atoms with E-state index in [0.29, 0.717) is 18.6 Å². The highest BCUT2D eigenvalue weighted by atomic mass is 35.5. The fraction of sp³-hybridized carbons (Fsp3) is 0.300. The number of nitro groups is 1. The number of amides is 1. The second-order valence-electron chi connectivity index (χ2n) is 3.38. The molecule has 0 spiro atoms. The fourth-order valence-electron chi connectivity index (χ4n) is 1.26. The lowest BCUT2D eigenvalue weighted by Gasteiger charge is -2.06. The fourth-order valence-corrected chi connectivity index (χ4v) is 1.39. The van der Waals surface area contributed by atoms with Gasteiger partial charge in [-0.15, -0.1) is 11.6 Å². The van der Waals surface area contributed by atoms with Crippen LogP contribution < -0.4 is 5.32 Å². The van der Waals surface area contributed by atoms with Crippen LogP contribution in [0.5, 0.6) is 0 Å². The van der Waals surface area contributed by atoms with E-state index < -0.39 is 33.8 Å². The first-order chi connectivity index (χ1) is 8.45. The van der Waals surface area contributed by atoms with Crippen LogP contribution in [-0.4, -0.2) is 16.7 Å². The Bertz CT molecular complexity index is 482. The van der Waals surface area contributed by atoms with Crippen LogP contribution in [0.1, 0.15) is 12.8 Å². The number of carbonyl (C=O) groups excluding carboxylic acids is 1. The van der Waals surface area contributed by atoms with E-state index in [-0.39, 0.29) is 12.3 Å². The number of nitrogens with one attached hydrogen (secondary N) is 1. The van der Waals surface area contributed by atoms with Crippen molar-refractivity contribution in [3.8, 4) is 0 Å². The molecule has 1 rings (SSSR count). The zero-order chi connectivity index (χ0) is 13.7. The summed E-state index contributed by atoms with van der Waals surface area (Å²) in [6, 6.07) is 1.00. The highest BCUT2D eigenvalue weighted by Gasteiger charge is 2.21. The molecule has 0 atom stereocenters. The molecule has 0 aromatic heterocycles. The highest BCUT2D eigenvalue weighted by Crippen LogP contribution is 2.28. The van der Waals surface area contributed by atoms with Gasteiger partial charge < -0.3 is 5.32 Å². The van der Waals surface area contributed by atoms with Crippen LogP contribution in [0.2, 0.25) is 0 Å². The number of hydrogen-bond donors (Lipinski definition) is 1. The molecule has 1 N–H and O–H groups in total. The molecule has 0 unspecified atom stereocenters. The molecule has 0 bridgehead atoms. The van der Waals surface area contributed by atoms with Gasteiger partial charge >= 0.3 is 0 Å². The Morgan fingerprint density at radius 2 is 2.11 bits per heavy atom. The van der Waals surface area contributed by atoms with Crippen molar-refractivity contribution in [2.24, 2.45) is 0 Å². The summed E-state index contributed by atoms with van der Waals surface area (Å²) in [6.45, 7) is 0. The third-order valence-electron chi connectivity index (χ3n) is 2.03. The van der Waals surface area contributed by atoms with Crippen molar-refractivity contribution in [3.63, 3.8) is 0 Å². The second-order valence-corrected chi connectivity index (χ2v) is 3.76. The molecule has 18 heavy (non-hydrogen) atoms. The van der Waals surface area contributed by atoms with Crippen LogP contribution in [0.4, 0.5) is 20.2 Å². The number of alkyl halides is 1. The Kier molecular flexibility index (Phi) is 4.96. The number of nitrogens with zero attached hydrogens (tertiary/aromatic N) is 1. The smallest absolute Gasteiger partial charge is 0.298 e. The van der Waals surface area contributed by atoms with Crippen LogP contribution in [0.15, 0.2) is 12.1 Å². The predicted molar refractivity (Wildman–Crippen MR) is 61.6 cm³/mol. The van der Waals surface area contributed by atoms with Crippen molar-refractivity contribution in [2.45, 2.75) is 12.8 Å². The molecule has 98 valence electrons. The molecule has 0 aliphatic heterocycles. The molecule has 0 aliphatic carbocycles. The standard InChI is InChI=1S/C10H9ClF2N2O3/c11-3-1-2-9(16)14-10-7(13)4-6(12)5-8(10)15(17)18/h4-5H,1-3H2,(H,14,16). The maximum atomic E-state index is 13.4.